The second-order valence-corrected chi connectivity index (χ2v) is 12.9. The summed E-state index contributed by atoms with van der Waals surface area (Å²) in [7, 11) is 0. The van der Waals surface area contributed by atoms with E-state index in [1.807, 2.05) is 79.1 Å². The van der Waals surface area contributed by atoms with Crippen LogP contribution in [-0.4, -0.2) is 9.13 Å². The van der Waals surface area contributed by atoms with Gasteiger partial charge in [-0.1, -0.05) is 129 Å². The molecule has 0 fully saturated rings. The van der Waals surface area contributed by atoms with E-state index in [9.17, 15) is 21.0 Å². The van der Waals surface area contributed by atoms with Crippen LogP contribution in [0.25, 0.3) is 76.5 Å². The van der Waals surface area contributed by atoms with Gasteiger partial charge in [0.2, 0.25) is 0 Å². The third-order valence-corrected chi connectivity index (χ3v) is 10.1. The number of rotatable bonds is 2. The minimum absolute atomic E-state index is 0.490. The maximum atomic E-state index is 9.72. The van der Waals surface area contributed by atoms with Gasteiger partial charge in [-0.05, 0) is 58.6 Å². The van der Waals surface area contributed by atoms with E-state index >= 15 is 0 Å². The monoisotopic (exact) mass is 716 g/mol. The van der Waals surface area contributed by atoms with Crippen LogP contribution in [0, 0.1) is 45.3 Å². The van der Waals surface area contributed by atoms with Crippen molar-refractivity contribution in [2.75, 3.05) is 0 Å². The lowest BCUT2D eigenvalue weighted by atomic mass is 10.0. The summed E-state index contributed by atoms with van der Waals surface area (Å²) in [5, 5.41) is 47.8. The summed E-state index contributed by atoms with van der Waals surface area (Å²) >= 11 is 0. The molecule has 262 valence electrons. The maximum absolute atomic E-state index is 9.72. The smallest absolute Gasteiger partial charge is 0.101 e. The molecular formula is C50H32N6. The molecule has 0 aliphatic heterocycles. The average molecular weight is 717 g/mol. The van der Waals surface area contributed by atoms with Gasteiger partial charge in [-0.3, -0.25) is 0 Å². The van der Waals surface area contributed by atoms with Gasteiger partial charge in [-0.2, -0.15) is 21.0 Å². The summed E-state index contributed by atoms with van der Waals surface area (Å²) < 4.78 is 4.12. The topological polar surface area (TPSA) is 105 Å². The summed E-state index contributed by atoms with van der Waals surface area (Å²) in [6.45, 7) is 4.00. The zero-order chi connectivity index (χ0) is 38.8. The van der Waals surface area contributed by atoms with Crippen molar-refractivity contribution in [3.8, 4) is 35.7 Å². The lowest BCUT2D eigenvalue weighted by Gasteiger charge is -2.13. The summed E-state index contributed by atoms with van der Waals surface area (Å²) in [6.07, 6.45) is 0. The number of aromatic nitrogens is 2. The Morgan fingerprint density at radius 3 is 1.34 bits per heavy atom. The van der Waals surface area contributed by atoms with Crippen LogP contribution in [0.5, 0.6) is 0 Å². The number of para-hydroxylation sites is 4. The minimum atomic E-state index is 0.490. The third kappa shape index (κ3) is 5.47. The van der Waals surface area contributed by atoms with Crippen LogP contribution in [0.3, 0.4) is 0 Å². The number of hydrogen-bond donors (Lipinski definition) is 0. The molecule has 0 amide bonds. The number of nitriles is 4. The van der Waals surface area contributed by atoms with Crippen molar-refractivity contribution in [3.05, 3.63) is 180 Å². The molecule has 10 aromatic rings. The van der Waals surface area contributed by atoms with Crippen LogP contribution in [0.2, 0.25) is 0 Å². The van der Waals surface area contributed by atoms with Gasteiger partial charge in [0, 0.05) is 26.9 Å². The van der Waals surface area contributed by atoms with Crippen molar-refractivity contribution < 1.29 is 0 Å². The molecule has 0 unspecified atom stereocenters. The predicted molar refractivity (Wildman–Crippen MR) is 227 cm³/mol. The second-order valence-electron chi connectivity index (χ2n) is 12.9. The largest absolute Gasteiger partial charge is 0.307 e. The Labute approximate surface area is 323 Å². The lowest BCUT2D eigenvalue weighted by molar-refractivity contribution is 1.16. The fraction of sp³-hybridized carbons (Fsp3) is 0.0400. The predicted octanol–water partition coefficient (Wildman–Crippen LogP) is 12.4. The Bertz CT molecular complexity index is 3260. The van der Waals surface area contributed by atoms with Gasteiger partial charge >= 0.3 is 0 Å². The molecule has 6 nitrogen and oxygen atoms in total. The van der Waals surface area contributed by atoms with Crippen LogP contribution < -0.4 is 0 Å². The maximum Gasteiger partial charge on any atom is 0.101 e. The number of nitrogens with zero attached hydrogens (tertiary/aromatic N) is 6. The zero-order valence-corrected chi connectivity index (χ0v) is 30.7. The number of hydrogen-bond acceptors (Lipinski definition) is 4. The Morgan fingerprint density at radius 2 is 0.768 bits per heavy atom. The normalized spacial score (nSPS) is 10.6. The molecule has 0 saturated heterocycles. The first-order valence-corrected chi connectivity index (χ1v) is 18.4. The van der Waals surface area contributed by atoms with Crippen LogP contribution in [0.4, 0.5) is 0 Å². The van der Waals surface area contributed by atoms with Crippen LogP contribution >= 0.6 is 0 Å². The van der Waals surface area contributed by atoms with Crippen molar-refractivity contribution in [1.29, 1.82) is 21.0 Å². The van der Waals surface area contributed by atoms with Crippen molar-refractivity contribution in [2.24, 2.45) is 0 Å². The Morgan fingerprint density at radius 1 is 0.339 bits per heavy atom. The number of benzene rings is 8. The van der Waals surface area contributed by atoms with Gasteiger partial charge in [0.1, 0.15) is 24.3 Å². The average Bonchev–Trinajstić information content (AvgIpc) is 3.80. The van der Waals surface area contributed by atoms with Crippen molar-refractivity contribution in [3.63, 3.8) is 0 Å². The highest BCUT2D eigenvalue weighted by atomic mass is 15.0. The number of fused-ring (bicyclic) bond motifs is 10. The molecule has 0 aliphatic carbocycles. The Balaban J connectivity index is 0.000000151. The van der Waals surface area contributed by atoms with E-state index in [1.165, 1.54) is 5.39 Å². The fourth-order valence-corrected chi connectivity index (χ4v) is 7.87. The molecule has 8 aromatic carbocycles. The van der Waals surface area contributed by atoms with E-state index in [1.54, 1.807) is 36.4 Å². The van der Waals surface area contributed by atoms with Crippen molar-refractivity contribution >= 4 is 65.2 Å². The minimum Gasteiger partial charge on any atom is -0.307 e. The highest BCUT2D eigenvalue weighted by Gasteiger charge is 2.21. The first-order valence-electron chi connectivity index (χ1n) is 18.4. The second kappa shape index (κ2) is 14.7. The van der Waals surface area contributed by atoms with Crippen LogP contribution in [0.15, 0.2) is 158 Å². The third-order valence-electron chi connectivity index (χ3n) is 10.1. The van der Waals surface area contributed by atoms with Crippen molar-refractivity contribution in [1.82, 2.24) is 9.13 Å². The van der Waals surface area contributed by atoms with Gasteiger partial charge in [0.25, 0.3) is 0 Å². The molecule has 56 heavy (non-hydrogen) atoms. The lowest BCUT2D eigenvalue weighted by Crippen LogP contribution is -2.01. The summed E-state index contributed by atoms with van der Waals surface area (Å²) in [5.74, 6) is 0. The summed E-state index contributed by atoms with van der Waals surface area (Å²) in [6, 6.07) is 60.8. The van der Waals surface area contributed by atoms with E-state index in [-0.39, 0.29) is 0 Å². The van der Waals surface area contributed by atoms with Crippen LogP contribution in [0.1, 0.15) is 36.1 Å². The highest BCUT2D eigenvalue weighted by molar-refractivity contribution is 6.21. The van der Waals surface area contributed by atoms with Gasteiger partial charge < -0.3 is 9.13 Å². The molecular weight excluding hydrogens is 685 g/mol. The molecule has 0 N–H and O–H groups in total. The van der Waals surface area contributed by atoms with Gasteiger partial charge in [-0.15, -0.1) is 0 Å². The van der Waals surface area contributed by atoms with Gasteiger partial charge in [0.05, 0.1) is 55.7 Å². The SMILES string of the molecule is CC.N#Cc1cccc(C#N)c1-n1c2ccccc2c2c3ccccc3ccc21.N#Cc1cccc(C#N)c1-n1c2ccccc2c2ccc3ccccc3c21. The van der Waals surface area contributed by atoms with Gasteiger partial charge in [0.15, 0.2) is 0 Å². The summed E-state index contributed by atoms with van der Waals surface area (Å²) in [4.78, 5) is 0. The molecule has 10 rings (SSSR count). The van der Waals surface area contributed by atoms with E-state index in [0.29, 0.717) is 33.6 Å². The molecule has 0 atom stereocenters. The summed E-state index contributed by atoms with van der Waals surface area (Å²) in [5.41, 5.74) is 7.24. The molecule has 2 aromatic heterocycles. The zero-order valence-electron chi connectivity index (χ0n) is 30.7. The molecule has 0 spiro atoms. The highest BCUT2D eigenvalue weighted by Crippen LogP contribution is 2.39. The fourth-order valence-electron chi connectivity index (χ4n) is 7.87. The Hall–Kier alpha value is -8.16. The van der Waals surface area contributed by atoms with E-state index in [4.69, 9.17) is 0 Å². The first kappa shape index (κ1) is 34.9. The van der Waals surface area contributed by atoms with E-state index in [2.05, 4.69) is 89.5 Å². The Kier molecular flexibility index (Phi) is 9.16. The van der Waals surface area contributed by atoms with Crippen molar-refractivity contribution in [2.45, 2.75) is 13.8 Å². The van der Waals surface area contributed by atoms with E-state index < -0.39 is 0 Å². The molecule has 0 saturated carbocycles. The quantitative estimate of drug-likeness (QED) is 0.177. The molecule has 0 aliphatic rings. The molecule has 6 heteroatoms. The molecule has 0 bridgehead atoms. The van der Waals surface area contributed by atoms with E-state index in [0.717, 1.165) is 59.8 Å². The first-order chi connectivity index (χ1) is 27.7. The van der Waals surface area contributed by atoms with Gasteiger partial charge in [-0.25, -0.2) is 0 Å². The van der Waals surface area contributed by atoms with Crippen LogP contribution in [-0.2, 0) is 0 Å². The molecule has 2 heterocycles. The molecule has 0 radical (unpaired) electrons. The standard InChI is InChI=1S/2C24H13N3.C2H6/c25-14-17-7-5-8-18(15-26)23(17)27-22-11-4-3-10-20(22)21-13-12-16-6-1-2-9-19(16)24(21)27;25-14-17-7-5-8-18(15-26)24(17)27-21-11-4-3-10-20(21)23-19-9-2-1-6-16(19)12-13-22(23)27;1-2/h2*1-13H;1-2H3.